The number of aliphatic hydroxyl groups is 2. The predicted molar refractivity (Wildman–Crippen MR) is 270 cm³/mol. The molecule has 0 aliphatic rings. The smallest absolute Gasteiger partial charge is 0.326 e. The summed E-state index contributed by atoms with van der Waals surface area (Å²) < 4.78 is 0. The second-order valence-corrected chi connectivity index (χ2v) is 20.3. The third kappa shape index (κ3) is 24.5. The van der Waals surface area contributed by atoms with E-state index in [4.69, 9.17) is 5.73 Å². The molecule has 24 heteroatoms. The Kier molecular flexibility index (Phi) is 29.4. The van der Waals surface area contributed by atoms with Crippen LogP contribution in [0.25, 0.3) is 0 Å². The summed E-state index contributed by atoms with van der Waals surface area (Å²) in [5.74, 6) is -8.88. The van der Waals surface area contributed by atoms with E-state index in [2.05, 4.69) is 47.9 Å². The Morgan fingerprint density at radius 3 is 1.50 bits per heavy atom. The number of nitrogens with two attached hydrogens (primary N) is 1. The third-order valence-electron chi connectivity index (χ3n) is 10.9. The van der Waals surface area contributed by atoms with Crippen LogP contribution < -0.4 is 53.6 Å². The van der Waals surface area contributed by atoms with Gasteiger partial charge in [0.2, 0.25) is 53.2 Å². The topological polar surface area (TPSA) is 366 Å². The molecule has 0 aliphatic heterocycles. The van der Waals surface area contributed by atoms with Crippen molar-refractivity contribution in [2.24, 2.45) is 29.4 Å². The Balaban J connectivity index is 2.98. The minimum Gasteiger partial charge on any atom is -0.480 e. The largest absolute Gasteiger partial charge is 0.480 e. The minimum absolute atomic E-state index is 0.0245. The first-order valence-electron chi connectivity index (χ1n) is 24.2. The Morgan fingerprint density at radius 1 is 0.542 bits per heavy atom. The number of hydrogen-bond donors (Lipinski definition) is 13. The Labute approximate surface area is 426 Å². The highest BCUT2D eigenvalue weighted by Gasteiger charge is 2.35. The quantitative estimate of drug-likeness (QED) is 0.0369. The molecule has 1 aromatic carbocycles. The molecule has 23 nitrogen and oxygen atoms in total. The number of nitrogens with one attached hydrogen (secondary N) is 9. The Bertz CT molecular complexity index is 1960. The van der Waals surface area contributed by atoms with Gasteiger partial charge in [-0.05, 0) is 80.3 Å². The fraction of sp³-hybridized carbons (Fsp3) is 0.667. The van der Waals surface area contributed by atoms with E-state index in [-0.39, 0.29) is 49.9 Å². The van der Waals surface area contributed by atoms with Crippen molar-refractivity contribution in [3.8, 4) is 0 Å². The van der Waals surface area contributed by atoms with Gasteiger partial charge in [-0.2, -0.15) is 11.8 Å². The van der Waals surface area contributed by atoms with Crippen LogP contribution in [0.5, 0.6) is 0 Å². The van der Waals surface area contributed by atoms with Crippen molar-refractivity contribution in [1.82, 2.24) is 47.9 Å². The fourth-order valence-corrected chi connectivity index (χ4v) is 7.53. The van der Waals surface area contributed by atoms with E-state index in [1.165, 1.54) is 18.7 Å². The summed E-state index contributed by atoms with van der Waals surface area (Å²) in [5, 5.41) is 51.7. The molecule has 9 amide bonds. The van der Waals surface area contributed by atoms with Gasteiger partial charge in [0.25, 0.3) is 0 Å². The molecule has 0 spiro atoms. The van der Waals surface area contributed by atoms with E-state index >= 15 is 0 Å². The second-order valence-electron chi connectivity index (χ2n) is 19.3. The first-order chi connectivity index (χ1) is 33.7. The molecule has 0 unspecified atom stereocenters. The van der Waals surface area contributed by atoms with Crippen LogP contribution in [0.4, 0.5) is 0 Å². The monoisotopic (exact) mass is 1040 g/mol. The number of amides is 9. The normalized spacial score (nSPS) is 15.1. The van der Waals surface area contributed by atoms with Gasteiger partial charge in [0.1, 0.15) is 42.3 Å². The van der Waals surface area contributed by atoms with E-state index in [9.17, 15) is 63.3 Å². The molecule has 0 saturated heterocycles. The molecular weight excluding hydrogens is 957 g/mol. The third-order valence-corrected chi connectivity index (χ3v) is 11.5. The van der Waals surface area contributed by atoms with Gasteiger partial charge in [0, 0.05) is 0 Å². The van der Waals surface area contributed by atoms with E-state index in [0.717, 1.165) is 5.56 Å². The summed E-state index contributed by atoms with van der Waals surface area (Å²) in [6, 6.07) is -0.891. The van der Waals surface area contributed by atoms with Crippen LogP contribution in [-0.4, -0.2) is 161 Å². The summed E-state index contributed by atoms with van der Waals surface area (Å²) in [4.78, 5) is 131. The number of carboxylic acids is 1. The molecule has 72 heavy (non-hydrogen) atoms. The molecule has 1 rings (SSSR count). The van der Waals surface area contributed by atoms with Gasteiger partial charge in [-0.3, -0.25) is 43.2 Å². The maximum absolute atomic E-state index is 13.9. The molecule has 14 N–H and O–H groups in total. The summed E-state index contributed by atoms with van der Waals surface area (Å²) in [5.41, 5.74) is 7.06. The van der Waals surface area contributed by atoms with Gasteiger partial charge >= 0.3 is 5.97 Å². The molecule has 0 bridgehead atoms. The van der Waals surface area contributed by atoms with Crippen molar-refractivity contribution in [2.45, 2.75) is 149 Å². The van der Waals surface area contributed by atoms with Crippen LogP contribution in [-0.2, 0) is 54.4 Å². The standard InChI is InChI=1S/C48H80N10O13S/c1-25(2)18-33(54-41(63)31(49)21-30-14-12-11-13-15-30)43(65)53-32(16-17-72-10)42(64)55-34(19-26(3)4)44(66)57-39(28(7)8)46(68)51-22-37(61)50-23-38(62)52-36(24-59)45(67)58-40(29(9)60)47(69)56-35(48(70)71)20-27(5)6/h11-15,25-29,31-36,39-40,59-60H,16-24,49H2,1-10H3,(H,50,61)(H,51,68)(H,52,62)(H,53,65)(H,54,63)(H,55,64)(H,56,69)(H,57,66)(H,58,67)(H,70,71)/t29-,31+,32+,33+,34+,35+,36+,39+,40+/m1/s1. The SMILES string of the molecule is CSCC[C@H](NC(=O)[C@H](CC(C)C)NC(=O)[C@@H](N)Cc1ccccc1)C(=O)N[C@@H](CC(C)C)C(=O)N[C@H](C(=O)NCC(=O)NCC(=O)N[C@@H](CO)C(=O)N[C@H](C(=O)N[C@@H](CC(C)C)C(=O)O)[C@@H](C)O)C(C)C. The van der Waals surface area contributed by atoms with Crippen LogP contribution in [0, 0.1) is 23.7 Å². The van der Waals surface area contributed by atoms with Crippen molar-refractivity contribution in [2.75, 3.05) is 31.7 Å². The van der Waals surface area contributed by atoms with Crippen LogP contribution in [0.3, 0.4) is 0 Å². The number of thioether (sulfide) groups is 1. The summed E-state index contributed by atoms with van der Waals surface area (Å²) in [6.07, 6.45) is 1.20. The number of hydrogen-bond acceptors (Lipinski definition) is 14. The molecular formula is C48H80N10O13S. The lowest BCUT2D eigenvalue weighted by Gasteiger charge is -2.28. The zero-order valence-electron chi connectivity index (χ0n) is 43.2. The lowest BCUT2D eigenvalue weighted by Crippen LogP contribution is -2.60. The average molecular weight is 1040 g/mol. The first kappa shape index (κ1) is 64.2. The second kappa shape index (κ2) is 33.0. The Hall–Kier alpha value is -5.85. The molecule has 1 aromatic rings. The van der Waals surface area contributed by atoms with E-state index in [1.807, 2.05) is 64.3 Å². The highest BCUT2D eigenvalue weighted by atomic mass is 32.2. The van der Waals surface area contributed by atoms with Crippen LogP contribution in [0.15, 0.2) is 30.3 Å². The van der Waals surface area contributed by atoms with Crippen molar-refractivity contribution < 1.29 is 63.3 Å². The number of carbonyl (C=O) groups is 10. The highest BCUT2D eigenvalue weighted by Crippen LogP contribution is 2.13. The number of benzene rings is 1. The van der Waals surface area contributed by atoms with E-state index < -0.39 is 139 Å². The maximum atomic E-state index is 13.9. The Morgan fingerprint density at radius 2 is 1.00 bits per heavy atom. The molecule has 0 saturated carbocycles. The number of carbonyl (C=O) groups excluding carboxylic acids is 9. The van der Waals surface area contributed by atoms with E-state index in [1.54, 1.807) is 27.7 Å². The molecule has 0 heterocycles. The van der Waals surface area contributed by atoms with Gasteiger partial charge < -0.3 is 68.9 Å². The molecule has 0 aromatic heterocycles. The summed E-state index contributed by atoms with van der Waals surface area (Å²) in [6.45, 7) is 13.0. The molecule has 0 fully saturated rings. The zero-order chi connectivity index (χ0) is 54.8. The van der Waals surface area contributed by atoms with Gasteiger partial charge in [-0.1, -0.05) is 85.7 Å². The van der Waals surface area contributed by atoms with E-state index in [0.29, 0.717) is 5.75 Å². The summed E-state index contributed by atoms with van der Waals surface area (Å²) in [7, 11) is 0. The lowest BCUT2D eigenvalue weighted by molar-refractivity contribution is -0.143. The number of aliphatic carboxylic acids is 1. The summed E-state index contributed by atoms with van der Waals surface area (Å²) >= 11 is 1.44. The van der Waals surface area contributed by atoms with Crippen molar-refractivity contribution in [1.29, 1.82) is 0 Å². The van der Waals surface area contributed by atoms with Crippen LogP contribution >= 0.6 is 11.8 Å². The van der Waals surface area contributed by atoms with Crippen molar-refractivity contribution in [3.05, 3.63) is 35.9 Å². The number of carboxylic acid groups (broad SMARTS) is 1. The van der Waals surface area contributed by atoms with Gasteiger partial charge in [0.15, 0.2) is 0 Å². The fourth-order valence-electron chi connectivity index (χ4n) is 7.05. The maximum Gasteiger partial charge on any atom is 0.326 e. The average Bonchev–Trinajstić information content (AvgIpc) is 3.29. The van der Waals surface area contributed by atoms with Crippen molar-refractivity contribution >= 4 is 70.9 Å². The zero-order valence-corrected chi connectivity index (χ0v) is 44.0. The lowest BCUT2D eigenvalue weighted by atomic mass is 9.99. The molecule has 0 radical (unpaired) electrons. The molecule has 9 atom stereocenters. The predicted octanol–water partition coefficient (Wildman–Crippen LogP) is -1.81. The van der Waals surface area contributed by atoms with Gasteiger partial charge in [-0.25, -0.2) is 4.79 Å². The highest BCUT2D eigenvalue weighted by molar-refractivity contribution is 7.98. The molecule has 0 aliphatic carbocycles. The van der Waals surface area contributed by atoms with Gasteiger partial charge in [0.05, 0.1) is 31.8 Å². The number of aliphatic hydroxyl groups excluding tert-OH is 2. The first-order valence-corrected chi connectivity index (χ1v) is 25.6. The number of rotatable bonds is 33. The van der Waals surface area contributed by atoms with Crippen LogP contribution in [0.2, 0.25) is 0 Å². The van der Waals surface area contributed by atoms with Crippen molar-refractivity contribution in [3.63, 3.8) is 0 Å². The van der Waals surface area contributed by atoms with Crippen LogP contribution in [0.1, 0.15) is 93.6 Å². The minimum atomic E-state index is -1.66. The van der Waals surface area contributed by atoms with Gasteiger partial charge in [-0.15, -0.1) is 0 Å². The molecule has 406 valence electrons.